The van der Waals surface area contributed by atoms with Gasteiger partial charge < -0.3 is 20.7 Å². The van der Waals surface area contributed by atoms with Gasteiger partial charge in [-0.2, -0.15) is 13.2 Å². The molecule has 0 atom stereocenters. The van der Waals surface area contributed by atoms with E-state index in [4.69, 9.17) is 10.5 Å². The average molecular weight is 445 g/mol. The van der Waals surface area contributed by atoms with E-state index in [0.29, 0.717) is 32.3 Å². The summed E-state index contributed by atoms with van der Waals surface area (Å²) in [6.45, 7) is 3.00. The lowest BCUT2D eigenvalue weighted by Crippen LogP contribution is -2.45. The molecule has 0 amide bonds. The Hall–Kier alpha value is -1.30. The predicted octanol–water partition coefficient (Wildman–Crippen LogP) is 1.78. The molecule has 1 aliphatic rings. The minimum atomic E-state index is -4.44. The Morgan fingerprint density at radius 3 is 2.74 bits per heavy atom. The monoisotopic (exact) mass is 445 g/mol. The number of alkyl halides is 3. The van der Waals surface area contributed by atoms with E-state index in [2.05, 4.69) is 15.3 Å². The second-order valence-corrected chi connectivity index (χ2v) is 4.66. The van der Waals surface area contributed by atoms with Gasteiger partial charge in [0.2, 0.25) is 0 Å². The summed E-state index contributed by atoms with van der Waals surface area (Å²) in [4.78, 5) is 9.74. The lowest BCUT2D eigenvalue weighted by Gasteiger charge is -2.27. The summed E-state index contributed by atoms with van der Waals surface area (Å²) in [6, 6.07) is 2.24. The van der Waals surface area contributed by atoms with Crippen molar-refractivity contribution in [2.75, 3.05) is 44.7 Å². The van der Waals surface area contributed by atoms with Crippen LogP contribution >= 0.6 is 24.0 Å². The third-order valence-electron chi connectivity index (χ3n) is 3.13. The molecule has 23 heavy (non-hydrogen) atoms. The molecule has 10 heteroatoms. The molecule has 2 heterocycles. The van der Waals surface area contributed by atoms with E-state index >= 15 is 0 Å². The second-order valence-electron chi connectivity index (χ2n) is 4.66. The highest BCUT2D eigenvalue weighted by molar-refractivity contribution is 14.0. The van der Waals surface area contributed by atoms with Crippen LogP contribution in [0.4, 0.5) is 19.0 Å². The van der Waals surface area contributed by atoms with Crippen molar-refractivity contribution in [1.82, 2.24) is 9.88 Å². The Balaban J connectivity index is 0.00000264. The second kappa shape index (κ2) is 9.11. The summed E-state index contributed by atoms with van der Waals surface area (Å²) < 4.78 is 43.5. The van der Waals surface area contributed by atoms with Gasteiger partial charge in [0.1, 0.15) is 5.82 Å². The summed E-state index contributed by atoms with van der Waals surface area (Å²) >= 11 is 0. The van der Waals surface area contributed by atoms with E-state index < -0.39 is 11.7 Å². The zero-order valence-corrected chi connectivity index (χ0v) is 14.7. The molecule has 1 aromatic rings. The Morgan fingerprint density at radius 2 is 2.09 bits per heavy atom. The molecule has 0 aromatic carbocycles. The van der Waals surface area contributed by atoms with Crippen LogP contribution in [0.3, 0.4) is 0 Å². The van der Waals surface area contributed by atoms with E-state index in [0.717, 1.165) is 6.07 Å². The molecular formula is C13H19F3IN5O. The van der Waals surface area contributed by atoms with Gasteiger partial charge in [0.05, 0.1) is 25.3 Å². The van der Waals surface area contributed by atoms with Gasteiger partial charge in [-0.1, -0.05) is 0 Å². The van der Waals surface area contributed by atoms with Crippen LogP contribution < -0.4 is 11.1 Å². The van der Waals surface area contributed by atoms with Gasteiger partial charge in [0, 0.05) is 25.8 Å². The van der Waals surface area contributed by atoms with Crippen LogP contribution in [0, 0.1) is 0 Å². The van der Waals surface area contributed by atoms with Crippen LogP contribution in [0.2, 0.25) is 0 Å². The number of ether oxygens (including phenoxy) is 1. The van der Waals surface area contributed by atoms with Crippen molar-refractivity contribution in [2.24, 2.45) is 10.7 Å². The molecule has 0 radical (unpaired) electrons. The van der Waals surface area contributed by atoms with Gasteiger partial charge in [-0.3, -0.25) is 4.99 Å². The largest absolute Gasteiger partial charge is 0.419 e. The van der Waals surface area contributed by atoms with Gasteiger partial charge in [-0.05, 0) is 12.1 Å². The topological polar surface area (TPSA) is 75.8 Å². The maximum Gasteiger partial charge on any atom is 0.419 e. The molecule has 0 aliphatic carbocycles. The fourth-order valence-corrected chi connectivity index (χ4v) is 2.01. The smallest absolute Gasteiger partial charge is 0.378 e. The average Bonchev–Trinajstić information content (AvgIpc) is 2.51. The fraction of sp³-hybridized carbons (Fsp3) is 0.538. The summed E-state index contributed by atoms with van der Waals surface area (Å²) in [5.41, 5.74) is 5.03. The number of hydrogen-bond donors (Lipinski definition) is 2. The number of guanidine groups is 1. The first-order valence-electron chi connectivity index (χ1n) is 6.87. The lowest BCUT2D eigenvalue weighted by atomic mass is 10.2. The van der Waals surface area contributed by atoms with Gasteiger partial charge in [-0.15, -0.1) is 24.0 Å². The summed E-state index contributed by atoms with van der Waals surface area (Å²) in [5, 5.41) is 2.64. The van der Waals surface area contributed by atoms with Crippen LogP contribution in [-0.4, -0.2) is 55.2 Å². The van der Waals surface area contributed by atoms with E-state index in [1.807, 2.05) is 4.90 Å². The first-order valence-corrected chi connectivity index (χ1v) is 6.87. The molecule has 0 bridgehead atoms. The molecule has 1 aliphatic heterocycles. The molecule has 130 valence electrons. The number of aliphatic imine (C=N–C) groups is 1. The number of rotatable bonds is 4. The highest BCUT2D eigenvalue weighted by Crippen LogP contribution is 2.33. The van der Waals surface area contributed by atoms with Crippen molar-refractivity contribution in [3.8, 4) is 0 Å². The third kappa shape index (κ3) is 6.01. The van der Waals surface area contributed by atoms with Crippen LogP contribution in [0.25, 0.3) is 0 Å². The molecule has 1 aromatic heterocycles. The lowest BCUT2D eigenvalue weighted by molar-refractivity contribution is -0.137. The minimum Gasteiger partial charge on any atom is -0.378 e. The van der Waals surface area contributed by atoms with Crippen molar-refractivity contribution >= 4 is 35.8 Å². The van der Waals surface area contributed by atoms with Crippen LogP contribution in [-0.2, 0) is 10.9 Å². The quantitative estimate of drug-likeness (QED) is 0.320. The van der Waals surface area contributed by atoms with Crippen molar-refractivity contribution in [3.63, 3.8) is 0 Å². The van der Waals surface area contributed by atoms with Gasteiger partial charge in [0.15, 0.2) is 5.96 Å². The van der Waals surface area contributed by atoms with Crippen molar-refractivity contribution in [1.29, 1.82) is 0 Å². The van der Waals surface area contributed by atoms with E-state index in [1.165, 1.54) is 12.3 Å². The normalized spacial score (nSPS) is 16.0. The number of nitrogens with zero attached hydrogens (tertiary/aromatic N) is 3. The highest BCUT2D eigenvalue weighted by Gasteiger charge is 2.33. The predicted molar refractivity (Wildman–Crippen MR) is 92.0 cm³/mol. The number of hydrogen-bond acceptors (Lipinski definition) is 4. The standard InChI is InChI=1S/C13H18F3N5O.HI/c14-13(15,16)10-2-1-3-18-11(10)19-4-5-20-12(17)21-6-8-22-9-7-21;/h1-3H,4-9H2,(H2,17,20)(H,18,19);1H. The zero-order valence-electron chi connectivity index (χ0n) is 12.3. The summed E-state index contributed by atoms with van der Waals surface area (Å²) in [6.07, 6.45) is -3.13. The summed E-state index contributed by atoms with van der Waals surface area (Å²) in [7, 11) is 0. The Bertz CT molecular complexity index is 521. The number of aromatic nitrogens is 1. The first-order chi connectivity index (χ1) is 10.5. The Morgan fingerprint density at radius 1 is 1.39 bits per heavy atom. The zero-order chi connectivity index (χ0) is 16.0. The fourth-order valence-electron chi connectivity index (χ4n) is 2.01. The molecule has 1 saturated heterocycles. The number of anilines is 1. The number of pyridine rings is 1. The molecule has 0 saturated carbocycles. The molecule has 0 unspecified atom stereocenters. The first kappa shape index (κ1) is 19.7. The van der Waals surface area contributed by atoms with Crippen molar-refractivity contribution in [3.05, 3.63) is 23.9 Å². The molecule has 2 rings (SSSR count). The van der Waals surface area contributed by atoms with Gasteiger partial charge in [0.25, 0.3) is 0 Å². The minimum absolute atomic E-state index is 0. The third-order valence-corrected chi connectivity index (χ3v) is 3.13. The van der Waals surface area contributed by atoms with Crippen molar-refractivity contribution in [2.45, 2.75) is 6.18 Å². The Labute approximate surface area is 149 Å². The molecule has 3 N–H and O–H groups in total. The molecule has 1 fully saturated rings. The van der Waals surface area contributed by atoms with Crippen molar-refractivity contribution < 1.29 is 17.9 Å². The van der Waals surface area contributed by atoms with Crippen LogP contribution in [0.15, 0.2) is 23.3 Å². The highest BCUT2D eigenvalue weighted by atomic mass is 127. The molecule has 0 spiro atoms. The van der Waals surface area contributed by atoms with E-state index in [-0.39, 0.29) is 42.9 Å². The molecule has 6 nitrogen and oxygen atoms in total. The number of nitrogens with two attached hydrogens (primary N) is 1. The number of halogens is 4. The van der Waals surface area contributed by atoms with Crippen LogP contribution in [0.5, 0.6) is 0 Å². The number of morpholine rings is 1. The number of nitrogens with one attached hydrogen (secondary N) is 1. The molecular weight excluding hydrogens is 426 g/mol. The Kier molecular flexibility index (Phi) is 7.82. The van der Waals surface area contributed by atoms with Crippen LogP contribution in [0.1, 0.15) is 5.56 Å². The SMILES string of the molecule is I.NC(=NCCNc1ncccc1C(F)(F)F)N1CCOCC1. The summed E-state index contributed by atoms with van der Waals surface area (Å²) in [5.74, 6) is 0.178. The van der Waals surface area contributed by atoms with E-state index in [1.54, 1.807) is 0 Å². The maximum atomic E-state index is 12.8. The maximum absolute atomic E-state index is 12.8. The van der Waals surface area contributed by atoms with E-state index in [9.17, 15) is 13.2 Å². The van der Waals surface area contributed by atoms with Gasteiger partial charge >= 0.3 is 6.18 Å². The van der Waals surface area contributed by atoms with Gasteiger partial charge in [-0.25, -0.2) is 4.98 Å².